The van der Waals surface area contributed by atoms with Crippen molar-refractivity contribution >= 4 is 5.69 Å². The Bertz CT molecular complexity index is 525. The van der Waals surface area contributed by atoms with E-state index in [-0.39, 0.29) is 0 Å². The minimum Gasteiger partial charge on any atom is -0.495 e. The zero-order chi connectivity index (χ0) is 13.0. The largest absolute Gasteiger partial charge is 0.495 e. The maximum Gasteiger partial charge on any atom is 0.258 e. The quantitative estimate of drug-likeness (QED) is 0.814. The second-order valence-corrected chi connectivity index (χ2v) is 3.61. The topological polar surface area (TPSA) is 83.4 Å². The van der Waals surface area contributed by atoms with Crippen LogP contribution in [0.15, 0.2) is 22.7 Å². The minimum atomic E-state index is 0.339. The van der Waals surface area contributed by atoms with Crippen molar-refractivity contribution in [1.29, 1.82) is 0 Å². The number of benzene rings is 1. The molecule has 0 amide bonds. The van der Waals surface area contributed by atoms with Gasteiger partial charge >= 0.3 is 0 Å². The number of ether oxygens (including phenoxy) is 2. The number of nitrogens with zero attached hydrogens (tertiary/aromatic N) is 2. The molecule has 18 heavy (non-hydrogen) atoms. The Kier molecular flexibility index (Phi) is 3.78. The molecule has 6 nitrogen and oxygen atoms in total. The summed E-state index contributed by atoms with van der Waals surface area (Å²) in [5, 5.41) is 3.82. The van der Waals surface area contributed by atoms with Gasteiger partial charge in [0.05, 0.1) is 12.8 Å². The summed E-state index contributed by atoms with van der Waals surface area (Å²) in [7, 11) is 1.57. The smallest absolute Gasteiger partial charge is 0.258 e. The molecule has 0 aliphatic heterocycles. The molecule has 1 heterocycles. The van der Waals surface area contributed by atoms with Gasteiger partial charge < -0.3 is 19.7 Å². The van der Waals surface area contributed by atoms with Gasteiger partial charge in [0.15, 0.2) is 5.82 Å². The van der Waals surface area contributed by atoms with E-state index in [0.717, 1.165) is 5.56 Å². The fourth-order valence-electron chi connectivity index (χ4n) is 1.49. The Morgan fingerprint density at radius 3 is 2.89 bits per heavy atom. The molecule has 0 aliphatic carbocycles. The molecule has 2 aromatic rings. The van der Waals surface area contributed by atoms with Crippen molar-refractivity contribution in [3.05, 3.63) is 24.0 Å². The van der Waals surface area contributed by atoms with Crippen LogP contribution in [0.1, 0.15) is 12.7 Å². The average molecular weight is 249 g/mol. The van der Waals surface area contributed by atoms with Crippen molar-refractivity contribution in [3.63, 3.8) is 0 Å². The molecule has 0 unspecified atom stereocenters. The molecule has 0 saturated heterocycles. The summed E-state index contributed by atoms with van der Waals surface area (Å²) in [5.74, 6) is 1.55. The van der Waals surface area contributed by atoms with E-state index in [1.807, 2.05) is 13.0 Å². The molecule has 0 spiro atoms. The zero-order valence-electron chi connectivity index (χ0n) is 10.3. The van der Waals surface area contributed by atoms with Crippen LogP contribution in [0.4, 0.5) is 5.69 Å². The van der Waals surface area contributed by atoms with E-state index in [0.29, 0.717) is 36.4 Å². The highest BCUT2D eigenvalue weighted by molar-refractivity contribution is 5.65. The Hall–Kier alpha value is -2.08. The van der Waals surface area contributed by atoms with Crippen molar-refractivity contribution in [2.45, 2.75) is 13.5 Å². The predicted octanol–water partition coefficient (Wildman–Crippen LogP) is 1.86. The van der Waals surface area contributed by atoms with E-state index in [1.165, 1.54) is 0 Å². The van der Waals surface area contributed by atoms with Crippen molar-refractivity contribution in [3.8, 4) is 17.2 Å². The van der Waals surface area contributed by atoms with E-state index in [2.05, 4.69) is 10.1 Å². The molecular formula is C12H15N3O3. The molecule has 0 bridgehead atoms. The molecule has 0 aliphatic rings. The van der Waals surface area contributed by atoms with E-state index in [1.54, 1.807) is 19.2 Å². The first kappa shape index (κ1) is 12.4. The van der Waals surface area contributed by atoms with Gasteiger partial charge in [-0.25, -0.2) is 0 Å². The van der Waals surface area contributed by atoms with Gasteiger partial charge in [0.25, 0.3) is 5.89 Å². The number of nitrogen functional groups attached to an aromatic ring is 1. The number of aromatic nitrogens is 2. The van der Waals surface area contributed by atoms with Gasteiger partial charge in [-0.15, -0.1) is 0 Å². The number of nitrogens with two attached hydrogens (primary N) is 1. The summed E-state index contributed by atoms with van der Waals surface area (Å²) >= 11 is 0. The van der Waals surface area contributed by atoms with Crippen LogP contribution in [-0.4, -0.2) is 23.9 Å². The van der Waals surface area contributed by atoms with Gasteiger partial charge in [0.2, 0.25) is 0 Å². The van der Waals surface area contributed by atoms with Crippen molar-refractivity contribution in [2.24, 2.45) is 0 Å². The molecule has 0 saturated carbocycles. The second kappa shape index (κ2) is 5.50. The van der Waals surface area contributed by atoms with Gasteiger partial charge in [0, 0.05) is 12.2 Å². The number of hydrogen-bond donors (Lipinski definition) is 1. The van der Waals surface area contributed by atoms with Crippen LogP contribution in [-0.2, 0) is 11.3 Å². The second-order valence-electron chi connectivity index (χ2n) is 3.61. The molecule has 1 aromatic heterocycles. The Morgan fingerprint density at radius 1 is 1.39 bits per heavy atom. The van der Waals surface area contributed by atoms with Gasteiger partial charge in [-0.3, -0.25) is 0 Å². The summed E-state index contributed by atoms with van der Waals surface area (Å²) in [6.07, 6.45) is 0. The fraction of sp³-hybridized carbons (Fsp3) is 0.333. The van der Waals surface area contributed by atoms with Gasteiger partial charge in [-0.2, -0.15) is 4.98 Å². The fourth-order valence-corrected chi connectivity index (χ4v) is 1.49. The van der Waals surface area contributed by atoms with Crippen molar-refractivity contribution < 1.29 is 14.0 Å². The molecule has 6 heteroatoms. The molecule has 0 atom stereocenters. The van der Waals surface area contributed by atoms with E-state index in [4.69, 9.17) is 19.7 Å². The molecule has 2 rings (SSSR count). The van der Waals surface area contributed by atoms with Crippen LogP contribution in [0.5, 0.6) is 5.75 Å². The van der Waals surface area contributed by atoms with Gasteiger partial charge in [0.1, 0.15) is 12.4 Å². The van der Waals surface area contributed by atoms with E-state index in [9.17, 15) is 0 Å². The third kappa shape index (κ3) is 2.60. The first-order chi connectivity index (χ1) is 8.74. The number of anilines is 1. The summed E-state index contributed by atoms with van der Waals surface area (Å²) in [6.45, 7) is 2.86. The molecule has 1 aromatic carbocycles. The molecular weight excluding hydrogens is 234 g/mol. The monoisotopic (exact) mass is 249 g/mol. The lowest BCUT2D eigenvalue weighted by atomic mass is 10.2. The third-order valence-corrected chi connectivity index (χ3v) is 2.38. The van der Waals surface area contributed by atoms with Crippen LogP contribution in [0, 0.1) is 0 Å². The normalized spacial score (nSPS) is 10.6. The molecule has 96 valence electrons. The van der Waals surface area contributed by atoms with E-state index >= 15 is 0 Å². The third-order valence-electron chi connectivity index (χ3n) is 2.38. The maximum absolute atomic E-state index is 5.82. The maximum atomic E-state index is 5.82. The van der Waals surface area contributed by atoms with Crippen LogP contribution >= 0.6 is 0 Å². The van der Waals surface area contributed by atoms with Gasteiger partial charge in [-0.1, -0.05) is 5.16 Å². The standard InChI is InChI=1S/C12H15N3O3/c1-3-17-7-11-14-12(18-15-11)8-4-5-10(16-2)9(13)6-8/h4-6H,3,7,13H2,1-2H3. The van der Waals surface area contributed by atoms with E-state index < -0.39 is 0 Å². The lowest BCUT2D eigenvalue weighted by Gasteiger charge is -2.04. The highest BCUT2D eigenvalue weighted by Crippen LogP contribution is 2.27. The minimum absolute atomic E-state index is 0.339. The highest BCUT2D eigenvalue weighted by Gasteiger charge is 2.10. The van der Waals surface area contributed by atoms with Gasteiger partial charge in [-0.05, 0) is 25.1 Å². The molecule has 0 radical (unpaired) electrons. The van der Waals surface area contributed by atoms with Crippen molar-refractivity contribution in [1.82, 2.24) is 10.1 Å². The highest BCUT2D eigenvalue weighted by atomic mass is 16.5. The number of rotatable bonds is 5. The SMILES string of the molecule is CCOCc1noc(-c2ccc(OC)c(N)c2)n1. The lowest BCUT2D eigenvalue weighted by molar-refractivity contribution is 0.126. The molecule has 0 fully saturated rings. The van der Waals surface area contributed by atoms with Crippen LogP contribution in [0.2, 0.25) is 0 Å². The summed E-state index contributed by atoms with van der Waals surface area (Å²) in [6, 6.07) is 5.31. The Morgan fingerprint density at radius 2 is 2.22 bits per heavy atom. The van der Waals surface area contributed by atoms with Crippen LogP contribution in [0.25, 0.3) is 11.5 Å². The number of methoxy groups -OCH3 is 1. The van der Waals surface area contributed by atoms with Crippen LogP contribution in [0.3, 0.4) is 0 Å². The van der Waals surface area contributed by atoms with Crippen LogP contribution < -0.4 is 10.5 Å². The van der Waals surface area contributed by atoms with Crippen molar-refractivity contribution in [2.75, 3.05) is 19.5 Å². The first-order valence-electron chi connectivity index (χ1n) is 5.58. The average Bonchev–Trinajstić information content (AvgIpc) is 2.85. The lowest BCUT2D eigenvalue weighted by Crippen LogP contribution is -1.94. The summed E-state index contributed by atoms with van der Waals surface area (Å²) in [5.41, 5.74) is 7.10. The Balaban J connectivity index is 2.20. The molecule has 2 N–H and O–H groups in total. The number of hydrogen-bond acceptors (Lipinski definition) is 6. The Labute approximate surface area is 105 Å². The predicted molar refractivity (Wildman–Crippen MR) is 66.0 cm³/mol. The summed E-state index contributed by atoms with van der Waals surface area (Å²) in [4.78, 5) is 4.22. The first-order valence-corrected chi connectivity index (χ1v) is 5.58. The zero-order valence-corrected chi connectivity index (χ0v) is 10.3. The summed E-state index contributed by atoms with van der Waals surface area (Å²) < 4.78 is 15.4.